The Morgan fingerprint density at radius 3 is 2.94 bits per heavy atom. The van der Waals surface area contributed by atoms with Crippen LogP contribution in [0.3, 0.4) is 0 Å². The van der Waals surface area contributed by atoms with Gasteiger partial charge in [0.1, 0.15) is 0 Å². The molecule has 0 saturated heterocycles. The minimum atomic E-state index is -0.483. The molecule has 0 aliphatic heterocycles. The molecule has 1 amide bonds. The Morgan fingerprint density at radius 1 is 1.71 bits per heavy atom. The highest BCUT2D eigenvalue weighted by molar-refractivity contribution is 9.10. The quantitative estimate of drug-likeness (QED) is 0.870. The molecule has 0 aromatic carbocycles. The number of hydrogen-bond acceptors (Lipinski definition) is 4. The predicted octanol–water partition coefficient (Wildman–Crippen LogP) is 1.83. The Bertz CT molecular complexity index is 370. The van der Waals surface area contributed by atoms with E-state index in [0.717, 1.165) is 9.35 Å². The van der Waals surface area contributed by atoms with Crippen molar-refractivity contribution >= 4 is 33.2 Å². The van der Waals surface area contributed by atoms with Crippen molar-refractivity contribution in [3.63, 3.8) is 0 Å². The summed E-state index contributed by atoms with van der Waals surface area (Å²) >= 11 is 5.01. The highest BCUT2D eigenvalue weighted by Crippen LogP contribution is 2.20. The molecule has 0 fully saturated rings. The molecule has 17 heavy (non-hydrogen) atoms. The Hall–Kier alpha value is -0.430. The fourth-order valence-corrected chi connectivity index (χ4v) is 2.90. The van der Waals surface area contributed by atoms with Gasteiger partial charge in [-0.1, -0.05) is 0 Å². The fraction of sp³-hybridized carbons (Fsp3) is 0.545. The molecule has 6 heteroatoms. The number of amides is 1. The zero-order valence-electron chi connectivity index (χ0n) is 9.98. The van der Waals surface area contributed by atoms with Crippen molar-refractivity contribution in [2.75, 3.05) is 20.8 Å². The van der Waals surface area contributed by atoms with Crippen LogP contribution >= 0.6 is 27.3 Å². The lowest BCUT2D eigenvalue weighted by atomic mass is 10.2. The second-order valence-electron chi connectivity index (χ2n) is 3.81. The maximum Gasteiger partial charge on any atom is 0.239 e. The van der Waals surface area contributed by atoms with Crippen molar-refractivity contribution in [3.05, 3.63) is 20.8 Å². The van der Waals surface area contributed by atoms with Crippen LogP contribution in [-0.2, 0) is 16.1 Å². The van der Waals surface area contributed by atoms with Gasteiger partial charge in [0, 0.05) is 35.5 Å². The summed E-state index contributed by atoms with van der Waals surface area (Å²) in [7, 11) is 3.37. The summed E-state index contributed by atoms with van der Waals surface area (Å²) in [6.07, 6.45) is 0.549. The van der Waals surface area contributed by atoms with Crippen molar-refractivity contribution in [3.8, 4) is 0 Å². The summed E-state index contributed by atoms with van der Waals surface area (Å²) in [6, 6.07) is 1.53. The van der Waals surface area contributed by atoms with Gasteiger partial charge in [-0.2, -0.15) is 0 Å². The lowest BCUT2D eigenvalue weighted by Crippen LogP contribution is -2.41. The number of hydrogen-bond donors (Lipinski definition) is 1. The van der Waals surface area contributed by atoms with E-state index in [1.807, 2.05) is 11.4 Å². The highest BCUT2D eigenvalue weighted by Gasteiger charge is 2.18. The zero-order valence-corrected chi connectivity index (χ0v) is 12.4. The van der Waals surface area contributed by atoms with E-state index < -0.39 is 6.04 Å². The molecule has 0 aliphatic carbocycles. The first-order valence-electron chi connectivity index (χ1n) is 5.27. The first kappa shape index (κ1) is 14.6. The number of ether oxygens (including phenoxy) is 1. The summed E-state index contributed by atoms with van der Waals surface area (Å²) in [5.74, 6) is -0.0495. The molecule has 0 radical (unpaired) electrons. The van der Waals surface area contributed by atoms with Gasteiger partial charge in [-0.25, -0.2) is 0 Å². The first-order chi connectivity index (χ1) is 8.04. The van der Waals surface area contributed by atoms with Gasteiger partial charge in [-0.05, 0) is 28.4 Å². The second-order valence-corrected chi connectivity index (χ2v) is 5.72. The molecular weight excluding hydrogens is 304 g/mol. The third kappa shape index (κ3) is 4.75. The van der Waals surface area contributed by atoms with Crippen molar-refractivity contribution in [2.45, 2.75) is 19.0 Å². The average molecular weight is 321 g/mol. The third-order valence-corrected chi connectivity index (χ3v) is 4.02. The molecule has 4 nitrogen and oxygen atoms in total. The number of methoxy groups -OCH3 is 1. The van der Waals surface area contributed by atoms with Crippen LogP contribution in [0.4, 0.5) is 0 Å². The predicted molar refractivity (Wildman–Crippen MR) is 73.0 cm³/mol. The number of likely N-dealkylation sites (N-methyl/N-ethyl adjacent to an activating group) is 1. The molecular formula is C11H17BrN2O2S. The summed E-state index contributed by atoms with van der Waals surface area (Å²) < 4.78 is 5.95. The van der Waals surface area contributed by atoms with Crippen molar-refractivity contribution in [1.29, 1.82) is 0 Å². The molecule has 2 N–H and O–H groups in total. The minimum absolute atomic E-state index is 0.0495. The number of thiophene rings is 1. The van der Waals surface area contributed by atoms with Gasteiger partial charge in [0.2, 0.25) is 5.91 Å². The molecule has 0 spiro atoms. The number of carbonyl (C=O) groups is 1. The standard InChI is InChI=1S/C11H17BrN2O2S/c1-14(6-9-5-8(12)7-17-9)11(15)10(13)3-4-16-2/h5,7,10H,3-4,6,13H2,1-2H3. The smallest absolute Gasteiger partial charge is 0.239 e. The Balaban J connectivity index is 2.46. The third-order valence-electron chi connectivity index (χ3n) is 2.34. The molecule has 1 aromatic heterocycles. The van der Waals surface area contributed by atoms with E-state index in [0.29, 0.717) is 19.6 Å². The number of halogens is 1. The van der Waals surface area contributed by atoms with Crippen LogP contribution in [0, 0.1) is 0 Å². The maximum absolute atomic E-state index is 11.9. The second kappa shape index (κ2) is 7.10. The summed E-state index contributed by atoms with van der Waals surface area (Å²) in [6.45, 7) is 1.10. The zero-order chi connectivity index (χ0) is 12.8. The summed E-state index contributed by atoms with van der Waals surface area (Å²) in [5.41, 5.74) is 5.79. The Morgan fingerprint density at radius 2 is 2.41 bits per heavy atom. The SMILES string of the molecule is COCCC(N)C(=O)N(C)Cc1cc(Br)cs1. The van der Waals surface area contributed by atoms with Gasteiger partial charge < -0.3 is 15.4 Å². The largest absolute Gasteiger partial charge is 0.385 e. The molecule has 96 valence electrons. The van der Waals surface area contributed by atoms with Crippen molar-refractivity contribution in [1.82, 2.24) is 4.90 Å². The minimum Gasteiger partial charge on any atom is -0.385 e. The summed E-state index contributed by atoms with van der Waals surface area (Å²) in [5, 5.41) is 2.00. The van der Waals surface area contributed by atoms with E-state index in [1.54, 1.807) is 30.4 Å². The van der Waals surface area contributed by atoms with Gasteiger partial charge in [-0.3, -0.25) is 4.79 Å². The lowest BCUT2D eigenvalue weighted by molar-refractivity contribution is -0.132. The average Bonchev–Trinajstić information content (AvgIpc) is 2.70. The van der Waals surface area contributed by atoms with E-state index in [9.17, 15) is 4.79 Å². The summed E-state index contributed by atoms with van der Waals surface area (Å²) in [4.78, 5) is 14.7. The number of nitrogens with zero attached hydrogens (tertiary/aromatic N) is 1. The van der Waals surface area contributed by atoms with Crippen LogP contribution in [-0.4, -0.2) is 37.6 Å². The molecule has 0 aliphatic rings. The van der Waals surface area contributed by atoms with Crippen LogP contribution in [0.15, 0.2) is 15.9 Å². The van der Waals surface area contributed by atoms with Gasteiger partial charge >= 0.3 is 0 Å². The van der Waals surface area contributed by atoms with Crippen LogP contribution in [0.25, 0.3) is 0 Å². The van der Waals surface area contributed by atoms with Gasteiger partial charge in [-0.15, -0.1) is 11.3 Å². The van der Waals surface area contributed by atoms with Crippen molar-refractivity contribution < 1.29 is 9.53 Å². The Labute approximate surface area is 114 Å². The first-order valence-corrected chi connectivity index (χ1v) is 6.94. The molecule has 0 bridgehead atoms. The van der Waals surface area contributed by atoms with Crippen LogP contribution in [0.2, 0.25) is 0 Å². The molecule has 1 unspecified atom stereocenters. The highest BCUT2D eigenvalue weighted by atomic mass is 79.9. The van der Waals surface area contributed by atoms with E-state index in [-0.39, 0.29) is 5.91 Å². The Kier molecular flexibility index (Phi) is 6.11. The molecule has 0 saturated carbocycles. The number of nitrogens with two attached hydrogens (primary N) is 1. The van der Waals surface area contributed by atoms with E-state index >= 15 is 0 Å². The van der Waals surface area contributed by atoms with Crippen LogP contribution in [0.5, 0.6) is 0 Å². The molecule has 1 rings (SSSR count). The van der Waals surface area contributed by atoms with Gasteiger partial charge in [0.25, 0.3) is 0 Å². The molecule has 1 aromatic rings. The van der Waals surface area contributed by atoms with Gasteiger partial charge in [0.15, 0.2) is 0 Å². The lowest BCUT2D eigenvalue weighted by Gasteiger charge is -2.20. The van der Waals surface area contributed by atoms with Crippen LogP contribution in [0.1, 0.15) is 11.3 Å². The fourth-order valence-electron chi connectivity index (χ4n) is 1.40. The van der Waals surface area contributed by atoms with E-state index in [2.05, 4.69) is 15.9 Å². The number of carbonyl (C=O) groups excluding carboxylic acids is 1. The molecule has 1 heterocycles. The van der Waals surface area contributed by atoms with E-state index in [4.69, 9.17) is 10.5 Å². The topological polar surface area (TPSA) is 55.6 Å². The molecule has 1 atom stereocenters. The maximum atomic E-state index is 11.9. The normalized spacial score (nSPS) is 12.5. The number of rotatable bonds is 6. The monoisotopic (exact) mass is 320 g/mol. The van der Waals surface area contributed by atoms with Crippen molar-refractivity contribution in [2.24, 2.45) is 5.73 Å². The van der Waals surface area contributed by atoms with E-state index in [1.165, 1.54) is 0 Å². The van der Waals surface area contributed by atoms with Crippen LogP contribution < -0.4 is 5.73 Å². The van der Waals surface area contributed by atoms with Gasteiger partial charge in [0.05, 0.1) is 12.6 Å².